The van der Waals surface area contributed by atoms with Crippen molar-refractivity contribution in [2.75, 3.05) is 14.2 Å². The van der Waals surface area contributed by atoms with Gasteiger partial charge in [0.1, 0.15) is 6.61 Å². The number of methoxy groups -OCH3 is 2. The van der Waals surface area contributed by atoms with Crippen LogP contribution in [0.15, 0.2) is 47.6 Å². The molecule has 8 heteroatoms. The van der Waals surface area contributed by atoms with Gasteiger partial charge in [-0.3, -0.25) is 0 Å². The van der Waals surface area contributed by atoms with Crippen LogP contribution in [-0.4, -0.2) is 33.0 Å². The number of esters is 1. The highest BCUT2D eigenvalue weighted by Crippen LogP contribution is 2.28. The first-order valence-corrected chi connectivity index (χ1v) is 7.49. The van der Waals surface area contributed by atoms with Crippen LogP contribution in [0.2, 0.25) is 0 Å². The van der Waals surface area contributed by atoms with Gasteiger partial charge in [-0.2, -0.15) is 8.78 Å². The Bertz CT molecular complexity index is 763. The molecule has 0 heterocycles. The first kappa shape index (κ1) is 19.2. The summed E-state index contributed by atoms with van der Waals surface area (Å²) in [6.45, 7) is -2.74. The summed E-state index contributed by atoms with van der Waals surface area (Å²) >= 11 is 0. The van der Waals surface area contributed by atoms with E-state index in [2.05, 4.69) is 14.6 Å². The number of carbonyl (C=O) groups excluding carboxylic acids is 1. The third kappa shape index (κ3) is 5.44. The summed E-state index contributed by atoms with van der Waals surface area (Å²) in [6.07, 6.45) is 1.41. The van der Waals surface area contributed by atoms with Crippen LogP contribution in [0, 0.1) is 0 Å². The summed E-state index contributed by atoms with van der Waals surface area (Å²) in [5.41, 5.74) is 1.84. The van der Waals surface area contributed by atoms with Crippen LogP contribution in [0.1, 0.15) is 21.5 Å². The van der Waals surface area contributed by atoms with Crippen molar-refractivity contribution in [3.63, 3.8) is 0 Å². The zero-order chi connectivity index (χ0) is 18.9. The van der Waals surface area contributed by atoms with Gasteiger partial charge in [0.25, 0.3) is 0 Å². The van der Waals surface area contributed by atoms with E-state index in [1.165, 1.54) is 38.6 Å². The summed E-state index contributed by atoms with van der Waals surface area (Å²) in [5.74, 6) is -0.317. The van der Waals surface area contributed by atoms with Crippen molar-refractivity contribution in [3.8, 4) is 11.5 Å². The number of rotatable bonds is 8. The normalized spacial score (nSPS) is 10.8. The molecule has 0 aromatic heterocycles. The van der Waals surface area contributed by atoms with Crippen molar-refractivity contribution in [2.45, 2.75) is 13.2 Å². The first-order valence-electron chi connectivity index (χ1n) is 7.49. The quantitative estimate of drug-likeness (QED) is 0.406. The second kappa shape index (κ2) is 9.36. The third-order valence-electron chi connectivity index (χ3n) is 3.29. The summed E-state index contributed by atoms with van der Waals surface area (Å²) < 4.78 is 38.5. The fourth-order valence-corrected chi connectivity index (χ4v) is 2.02. The van der Waals surface area contributed by atoms with Crippen LogP contribution in [0.3, 0.4) is 0 Å². The number of ether oxygens (including phenoxy) is 3. The standard InChI is InChI=1S/C18H17F2NO5/c1-23-16-9-13(5-8-15(16)26-18(19)20)10-21-25-11-12-3-6-14(7-4-12)17(22)24-2/h3-10,18H,11H2,1-2H3/b21-10-. The maximum atomic E-state index is 12.3. The predicted molar refractivity (Wildman–Crippen MR) is 89.8 cm³/mol. The molecule has 0 saturated heterocycles. The topological polar surface area (TPSA) is 66.4 Å². The highest BCUT2D eigenvalue weighted by atomic mass is 19.3. The Labute approximate surface area is 148 Å². The van der Waals surface area contributed by atoms with E-state index in [1.807, 2.05) is 0 Å². The second-order valence-electron chi connectivity index (χ2n) is 4.99. The zero-order valence-electron chi connectivity index (χ0n) is 14.1. The maximum absolute atomic E-state index is 12.3. The molecule has 6 nitrogen and oxygen atoms in total. The van der Waals surface area contributed by atoms with Crippen molar-refractivity contribution in [1.29, 1.82) is 0 Å². The number of nitrogens with zero attached hydrogens (tertiary/aromatic N) is 1. The van der Waals surface area contributed by atoms with E-state index in [4.69, 9.17) is 9.57 Å². The van der Waals surface area contributed by atoms with Gasteiger partial charge in [-0.15, -0.1) is 0 Å². The molecule has 0 spiro atoms. The van der Waals surface area contributed by atoms with E-state index < -0.39 is 12.6 Å². The Balaban J connectivity index is 1.93. The lowest BCUT2D eigenvalue weighted by molar-refractivity contribution is -0.0512. The molecule has 0 saturated carbocycles. The number of benzene rings is 2. The Morgan fingerprint density at radius 3 is 2.46 bits per heavy atom. The van der Waals surface area contributed by atoms with Gasteiger partial charge < -0.3 is 19.0 Å². The van der Waals surface area contributed by atoms with Gasteiger partial charge in [-0.05, 0) is 35.9 Å². The molecule has 0 bridgehead atoms. The van der Waals surface area contributed by atoms with Crippen molar-refractivity contribution < 1.29 is 32.6 Å². The van der Waals surface area contributed by atoms with Gasteiger partial charge in [-0.25, -0.2) is 4.79 Å². The Kier molecular flexibility index (Phi) is 6.90. The summed E-state index contributed by atoms with van der Waals surface area (Å²) in [6, 6.07) is 11.1. The third-order valence-corrected chi connectivity index (χ3v) is 3.29. The van der Waals surface area contributed by atoms with Gasteiger partial charge in [0.15, 0.2) is 11.5 Å². The molecule has 2 rings (SSSR count). The SMILES string of the molecule is COC(=O)c1ccc(CO/N=C\c2ccc(OC(F)F)c(OC)c2)cc1. The molecule has 0 aliphatic carbocycles. The number of carbonyl (C=O) groups is 1. The van der Waals surface area contributed by atoms with E-state index in [-0.39, 0.29) is 18.1 Å². The van der Waals surface area contributed by atoms with Crippen LogP contribution in [0.25, 0.3) is 0 Å². The average Bonchev–Trinajstić information content (AvgIpc) is 2.65. The Morgan fingerprint density at radius 2 is 1.85 bits per heavy atom. The highest BCUT2D eigenvalue weighted by molar-refractivity contribution is 5.89. The van der Waals surface area contributed by atoms with Crippen LogP contribution in [0.4, 0.5) is 8.78 Å². The van der Waals surface area contributed by atoms with E-state index in [1.54, 1.807) is 24.3 Å². The van der Waals surface area contributed by atoms with Gasteiger partial charge in [0.2, 0.25) is 0 Å². The summed E-state index contributed by atoms with van der Waals surface area (Å²) in [7, 11) is 2.66. The number of oxime groups is 1. The minimum atomic E-state index is -2.93. The van der Waals surface area contributed by atoms with Gasteiger partial charge in [0.05, 0.1) is 26.0 Å². The molecule has 0 amide bonds. The molecule has 0 atom stereocenters. The molecule has 0 unspecified atom stereocenters. The van der Waals surface area contributed by atoms with Gasteiger partial charge in [-0.1, -0.05) is 17.3 Å². The molecule has 2 aromatic carbocycles. The molecular formula is C18H17F2NO5. The largest absolute Gasteiger partial charge is 0.493 e. The molecule has 0 aliphatic heterocycles. The first-order chi connectivity index (χ1) is 12.5. The molecule has 138 valence electrons. The van der Waals surface area contributed by atoms with Crippen molar-refractivity contribution in [1.82, 2.24) is 0 Å². The second-order valence-corrected chi connectivity index (χ2v) is 4.99. The number of alkyl halides is 2. The van der Waals surface area contributed by atoms with E-state index in [9.17, 15) is 13.6 Å². The zero-order valence-corrected chi connectivity index (χ0v) is 14.1. The van der Waals surface area contributed by atoms with Crippen LogP contribution < -0.4 is 9.47 Å². The predicted octanol–water partition coefficient (Wildman–Crippen LogP) is 3.63. The average molecular weight is 365 g/mol. The van der Waals surface area contributed by atoms with E-state index >= 15 is 0 Å². The summed E-state index contributed by atoms with van der Waals surface area (Å²) in [4.78, 5) is 16.5. The molecule has 0 aliphatic rings. The maximum Gasteiger partial charge on any atom is 0.387 e. The minimum absolute atomic E-state index is 0.0636. The van der Waals surface area contributed by atoms with Gasteiger partial charge in [0, 0.05) is 5.56 Å². The van der Waals surface area contributed by atoms with Crippen LogP contribution in [-0.2, 0) is 16.2 Å². The smallest absolute Gasteiger partial charge is 0.387 e. The highest BCUT2D eigenvalue weighted by Gasteiger charge is 2.10. The monoisotopic (exact) mass is 365 g/mol. The number of halogens is 2. The van der Waals surface area contributed by atoms with Crippen molar-refractivity contribution in [2.24, 2.45) is 5.16 Å². The number of hydrogen-bond donors (Lipinski definition) is 0. The molecule has 2 aromatic rings. The van der Waals surface area contributed by atoms with Crippen LogP contribution in [0.5, 0.6) is 11.5 Å². The molecule has 26 heavy (non-hydrogen) atoms. The fourth-order valence-electron chi connectivity index (χ4n) is 2.02. The van der Waals surface area contributed by atoms with Crippen molar-refractivity contribution in [3.05, 3.63) is 59.2 Å². The van der Waals surface area contributed by atoms with E-state index in [0.29, 0.717) is 11.1 Å². The molecular weight excluding hydrogens is 348 g/mol. The summed E-state index contributed by atoms with van der Waals surface area (Å²) in [5, 5.41) is 3.82. The van der Waals surface area contributed by atoms with E-state index in [0.717, 1.165) is 5.56 Å². The van der Waals surface area contributed by atoms with Crippen molar-refractivity contribution >= 4 is 12.2 Å². The fraction of sp³-hybridized carbons (Fsp3) is 0.222. The molecule has 0 N–H and O–H groups in total. The molecule has 0 radical (unpaired) electrons. The minimum Gasteiger partial charge on any atom is -0.493 e. The Morgan fingerprint density at radius 1 is 1.12 bits per heavy atom. The van der Waals surface area contributed by atoms with Gasteiger partial charge >= 0.3 is 12.6 Å². The van der Waals surface area contributed by atoms with Crippen LogP contribution >= 0.6 is 0 Å². The number of hydrogen-bond acceptors (Lipinski definition) is 6. The lowest BCUT2D eigenvalue weighted by Crippen LogP contribution is -2.03. The Hall–Kier alpha value is -3.16. The molecule has 0 fully saturated rings. The lowest BCUT2D eigenvalue weighted by Gasteiger charge is -2.09. The lowest BCUT2D eigenvalue weighted by atomic mass is 10.1.